The van der Waals surface area contributed by atoms with Gasteiger partial charge in [0.15, 0.2) is 0 Å². The van der Waals surface area contributed by atoms with Gasteiger partial charge in [-0.25, -0.2) is 9.78 Å². The third-order valence-corrected chi connectivity index (χ3v) is 3.04. The average Bonchev–Trinajstić information content (AvgIpc) is 2.43. The first-order valence-corrected chi connectivity index (χ1v) is 6.61. The van der Waals surface area contributed by atoms with Crippen molar-refractivity contribution in [1.29, 1.82) is 0 Å². The van der Waals surface area contributed by atoms with Crippen molar-refractivity contribution in [3.8, 4) is 0 Å². The number of methoxy groups -OCH3 is 1. The van der Waals surface area contributed by atoms with Crippen LogP contribution in [0.3, 0.4) is 0 Å². The van der Waals surface area contributed by atoms with E-state index in [0.717, 1.165) is 12.8 Å². The van der Waals surface area contributed by atoms with Crippen LogP contribution in [0.1, 0.15) is 38.4 Å². The topological polar surface area (TPSA) is 27.7 Å². The highest BCUT2D eigenvalue weighted by molar-refractivity contribution is 5.17. The van der Waals surface area contributed by atoms with E-state index in [0.29, 0.717) is 19.1 Å². The van der Waals surface area contributed by atoms with Crippen LogP contribution in [0.4, 0.5) is 0 Å². The first-order valence-electron chi connectivity index (χ1n) is 6.61. The van der Waals surface area contributed by atoms with E-state index in [1.165, 1.54) is 5.56 Å². The van der Waals surface area contributed by atoms with Gasteiger partial charge in [0.1, 0.15) is 6.10 Å². The van der Waals surface area contributed by atoms with Crippen LogP contribution in [-0.4, -0.2) is 20.3 Å². The molecule has 3 heteroatoms. The van der Waals surface area contributed by atoms with Crippen LogP contribution >= 0.6 is 0 Å². The van der Waals surface area contributed by atoms with Gasteiger partial charge >= 0.3 is 0 Å². The predicted octanol–water partition coefficient (Wildman–Crippen LogP) is 3.76. The van der Waals surface area contributed by atoms with Crippen LogP contribution in [0.2, 0.25) is 0 Å². The molecule has 0 heterocycles. The molecule has 0 spiro atoms. The lowest BCUT2D eigenvalue weighted by molar-refractivity contribution is -0.337. The van der Waals surface area contributed by atoms with E-state index in [4.69, 9.17) is 14.5 Å². The zero-order valence-electron chi connectivity index (χ0n) is 11.6. The normalized spacial score (nSPS) is 14.4. The molecule has 1 aromatic carbocycles. The lowest BCUT2D eigenvalue weighted by atomic mass is 9.95. The summed E-state index contributed by atoms with van der Waals surface area (Å²) < 4.78 is 4.97. The van der Waals surface area contributed by atoms with Crippen LogP contribution in [-0.2, 0) is 14.5 Å². The second-order valence-electron chi connectivity index (χ2n) is 4.48. The maximum Gasteiger partial charge on any atom is 0.120 e. The van der Waals surface area contributed by atoms with E-state index in [1.807, 2.05) is 18.2 Å². The van der Waals surface area contributed by atoms with E-state index in [-0.39, 0.29) is 6.10 Å². The molecule has 0 bridgehead atoms. The Morgan fingerprint density at radius 3 is 2.44 bits per heavy atom. The summed E-state index contributed by atoms with van der Waals surface area (Å²) in [4.78, 5) is 10.9. The van der Waals surface area contributed by atoms with Crippen molar-refractivity contribution in [2.24, 2.45) is 5.92 Å². The fourth-order valence-electron chi connectivity index (χ4n) is 1.72. The maximum atomic E-state index is 5.57. The largest absolute Gasteiger partial charge is 0.385 e. The molecule has 1 rings (SSSR count). The number of hydrogen-bond acceptors (Lipinski definition) is 3. The van der Waals surface area contributed by atoms with Crippen molar-refractivity contribution in [1.82, 2.24) is 0 Å². The minimum Gasteiger partial charge on any atom is -0.385 e. The van der Waals surface area contributed by atoms with Crippen molar-refractivity contribution >= 4 is 0 Å². The Labute approximate surface area is 110 Å². The molecular weight excluding hydrogens is 228 g/mol. The van der Waals surface area contributed by atoms with Crippen LogP contribution in [0.25, 0.3) is 0 Å². The highest BCUT2D eigenvalue weighted by Crippen LogP contribution is 2.28. The summed E-state index contributed by atoms with van der Waals surface area (Å²) in [6.07, 6.45) is 1.90. The molecule has 0 radical (unpaired) electrons. The smallest absolute Gasteiger partial charge is 0.120 e. The quantitative estimate of drug-likeness (QED) is 0.380. The van der Waals surface area contributed by atoms with Gasteiger partial charge in [0.05, 0.1) is 6.61 Å². The van der Waals surface area contributed by atoms with Crippen LogP contribution < -0.4 is 0 Å². The predicted molar refractivity (Wildman–Crippen MR) is 72.2 cm³/mol. The molecule has 2 atom stereocenters. The van der Waals surface area contributed by atoms with E-state index in [9.17, 15) is 0 Å². The summed E-state index contributed by atoms with van der Waals surface area (Å²) in [6, 6.07) is 10.2. The van der Waals surface area contributed by atoms with Gasteiger partial charge in [-0.15, -0.1) is 0 Å². The first kappa shape index (κ1) is 15.2. The van der Waals surface area contributed by atoms with Gasteiger partial charge in [0.2, 0.25) is 0 Å². The molecule has 0 amide bonds. The fourth-order valence-corrected chi connectivity index (χ4v) is 1.72. The molecule has 0 aromatic heterocycles. The summed E-state index contributed by atoms with van der Waals surface area (Å²) in [5.41, 5.74) is 1.17. The van der Waals surface area contributed by atoms with Crippen LogP contribution in [0.5, 0.6) is 0 Å². The Kier molecular flexibility index (Phi) is 7.65. The average molecular weight is 252 g/mol. The maximum absolute atomic E-state index is 5.57. The van der Waals surface area contributed by atoms with Crippen molar-refractivity contribution in [3.05, 3.63) is 35.9 Å². The summed E-state index contributed by atoms with van der Waals surface area (Å²) in [5, 5.41) is 0. The highest BCUT2D eigenvalue weighted by atomic mass is 17.2. The van der Waals surface area contributed by atoms with Crippen LogP contribution in [0, 0.1) is 5.92 Å². The van der Waals surface area contributed by atoms with Crippen molar-refractivity contribution in [3.63, 3.8) is 0 Å². The number of hydrogen-bond donors (Lipinski definition) is 0. The summed E-state index contributed by atoms with van der Waals surface area (Å²) in [7, 11) is 1.69. The van der Waals surface area contributed by atoms with Gasteiger partial charge in [0.25, 0.3) is 0 Å². The molecule has 0 saturated heterocycles. The van der Waals surface area contributed by atoms with Gasteiger partial charge in [-0.2, -0.15) is 0 Å². The van der Waals surface area contributed by atoms with Gasteiger partial charge in [0, 0.05) is 13.7 Å². The molecule has 1 aromatic rings. The molecule has 0 aliphatic heterocycles. The Morgan fingerprint density at radius 1 is 1.11 bits per heavy atom. The second kappa shape index (κ2) is 9.09. The van der Waals surface area contributed by atoms with Gasteiger partial charge in [-0.1, -0.05) is 50.6 Å². The molecule has 0 aliphatic carbocycles. The second-order valence-corrected chi connectivity index (χ2v) is 4.48. The molecule has 0 N–H and O–H groups in total. The Balaban J connectivity index is 2.47. The van der Waals surface area contributed by atoms with E-state index >= 15 is 0 Å². The number of benzene rings is 1. The minimum atomic E-state index is -0.00116. The van der Waals surface area contributed by atoms with E-state index in [1.54, 1.807) is 7.11 Å². The lowest BCUT2D eigenvalue weighted by Gasteiger charge is -2.22. The van der Waals surface area contributed by atoms with E-state index < -0.39 is 0 Å². The monoisotopic (exact) mass is 252 g/mol. The van der Waals surface area contributed by atoms with Crippen LogP contribution in [0.15, 0.2) is 30.3 Å². The molecular formula is C15H24O3. The van der Waals surface area contributed by atoms with Gasteiger partial charge in [-0.3, -0.25) is 0 Å². The minimum absolute atomic E-state index is 0.00116. The SMILES string of the molecule is CCC(C)C(OOCCCOC)c1ccccc1. The van der Waals surface area contributed by atoms with Crippen molar-refractivity contribution in [2.45, 2.75) is 32.8 Å². The standard InChI is InChI=1S/C15H24O3/c1-4-13(2)15(14-9-6-5-7-10-14)18-17-12-8-11-16-3/h5-7,9-10,13,15H,4,8,11-12H2,1-3H3. The molecule has 18 heavy (non-hydrogen) atoms. The van der Waals surface area contributed by atoms with Crippen molar-refractivity contribution in [2.75, 3.05) is 20.3 Å². The highest BCUT2D eigenvalue weighted by Gasteiger charge is 2.19. The number of rotatable bonds is 9. The Morgan fingerprint density at radius 2 is 1.83 bits per heavy atom. The third kappa shape index (κ3) is 5.17. The van der Waals surface area contributed by atoms with Gasteiger partial charge < -0.3 is 4.74 Å². The Bertz CT molecular complexity index is 300. The molecule has 0 saturated carbocycles. The van der Waals surface area contributed by atoms with Crippen molar-refractivity contribution < 1.29 is 14.5 Å². The first-order chi connectivity index (χ1) is 8.79. The zero-order chi connectivity index (χ0) is 13.2. The number of ether oxygens (including phenoxy) is 1. The summed E-state index contributed by atoms with van der Waals surface area (Å²) in [6.45, 7) is 5.60. The molecule has 102 valence electrons. The van der Waals surface area contributed by atoms with E-state index in [2.05, 4.69) is 26.0 Å². The fraction of sp³-hybridized carbons (Fsp3) is 0.600. The summed E-state index contributed by atoms with van der Waals surface area (Å²) in [5.74, 6) is 0.426. The summed E-state index contributed by atoms with van der Waals surface area (Å²) >= 11 is 0. The molecule has 2 unspecified atom stereocenters. The lowest BCUT2D eigenvalue weighted by Crippen LogP contribution is -2.14. The zero-order valence-corrected chi connectivity index (χ0v) is 11.6. The Hall–Kier alpha value is -0.900. The third-order valence-electron chi connectivity index (χ3n) is 3.04. The molecule has 3 nitrogen and oxygen atoms in total. The van der Waals surface area contributed by atoms with Gasteiger partial charge in [-0.05, 0) is 17.9 Å². The molecule has 0 fully saturated rings. The molecule has 0 aliphatic rings.